The second kappa shape index (κ2) is 8.15. The van der Waals surface area contributed by atoms with Gasteiger partial charge < -0.3 is 9.72 Å². The SMILES string of the molecule is COc1ccc2c([C@H](CC(=O)c3ccccc3)C(=O)c3ccccc3)c[nH]c2c1. The fraction of sp³-hybridized carbons (Fsp3) is 0.120. The Hall–Kier alpha value is -3.66. The normalized spacial score (nSPS) is 11.9. The zero-order chi connectivity index (χ0) is 20.2. The van der Waals surface area contributed by atoms with Crippen molar-refractivity contribution in [2.45, 2.75) is 12.3 Å². The highest BCUT2D eigenvalue weighted by atomic mass is 16.5. The van der Waals surface area contributed by atoms with Crippen LogP contribution in [0.1, 0.15) is 38.6 Å². The molecule has 0 aliphatic rings. The Kier molecular flexibility index (Phi) is 5.25. The van der Waals surface area contributed by atoms with Crippen molar-refractivity contribution in [3.63, 3.8) is 0 Å². The highest BCUT2D eigenvalue weighted by molar-refractivity contribution is 6.07. The topological polar surface area (TPSA) is 59.2 Å². The van der Waals surface area contributed by atoms with Gasteiger partial charge in [-0.2, -0.15) is 0 Å². The van der Waals surface area contributed by atoms with E-state index in [1.165, 1.54) is 0 Å². The first kappa shape index (κ1) is 18.7. The summed E-state index contributed by atoms with van der Waals surface area (Å²) in [6.07, 6.45) is 1.94. The number of aromatic amines is 1. The van der Waals surface area contributed by atoms with Crippen LogP contribution in [0.15, 0.2) is 85.1 Å². The van der Waals surface area contributed by atoms with Gasteiger partial charge in [-0.05, 0) is 17.7 Å². The lowest BCUT2D eigenvalue weighted by Crippen LogP contribution is -2.17. The number of ketones is 2. The van der Waals surface area contributed by atoms with Crippen molar-refractivity contribution >= 4 is 22.5 Å². The van der Waals surface area contributed by atoms with Crippen LogP contribution < -0.4 is 4.74 Å². The van der Waals surface area contributed by atoms with Gasteiger partial charge in [0.25, 0.3) is 0 Å². The lowest BCUT2D eigenvalue weighted by Gasteiger charge is -2.15. The summed E-state index contributed by atoms with van der Waals surface area (Å²) in [7, 11) is 1.62. The molecule has 1 aromatic heterocycles. The number of H-pyrrole nitrogens is 1. The maximum Gasteiger partial charge on any atom is 0.170 e. The van der Waals surface area contributed by atoms with Gasteiger partial charge in [0.1, 0.15) is 5.75 Å². The van der Waals surface area contributed by atoms with Gasteiger partial charge in [0.15, 0.2) is 11.6 Å². The number of aromatic nitrogens is 1. The largest absolute Gasteiger partial charge is 0.497 e. The second-order valence-electron chi connectivity index (χ2n) is 6.93. The number of Topliss-reactive ketones (excluding diaryl/α,β-unsaturated/α-hetero) is 2. The Balaban J connectivity index is 1.76. The number of benzene rings is 3. The van der Waals surface area contributed by atoms with E-state index in [1.807, 2.05) is 60.8 Å². The van der Waals surface area contributed by atoms with Crippen LogP contribution in [-0.4, -0.2) is 23.7 Å². The molecule has 0 saturated carbocycles. The monoisotopic (exact) mass is 383 g/mol. The molecule has 0 aliphatic carbocycles. The molecule has 1 N–H and O–H groups in total. The maximum absolute atomic E-state index is 13.4. The molecule has 0 aliphatic heterocycles. The van der Waals surface area contributed by atoms with Gasteiger partial charge in [-0.25, -0.2) is 0 Å². The zero-order valence-electron chi connectivity index (χ0n) is 16.1. The van der Waals surface area contributed by atoms with Crippen LogP contribution in [0.25, 0.3) is 10.9 Å². The van der Waals surface area contributed by atoms with E-state index in [0.717, 1.165) is 22.2 Å². The average Bonchev–Trinajstić information content (AvgIpc) is 3.21. The van der Waals surface area contributed by atoms with Crippen LogP contribution in [0, 0.1) is 0 Å². The molecule has 29 heavy (non-hydrogen) atoms. The first-order chi connectivity index (χ1) is 14.2. The summed E-state index contributed by atoms with van der Waals surface area (Å²) in [5.74, 6) is 0.0405. The van der Waals surface area contributed by atoms with Gasteiger partial charge in [0.2, 0.25) is 0 Å². The molecule has 0 unspecified atom stereocenters. The maximum atomic E-state index is 13.4. The predicted octanol–water partition coefficient (Wildman–Crippen LogP) is 5.42. The Morgan fingerprint density at radius 2 is 1.55 bits per heavy atom. The van der Waals surface area contributed by atoms with Crippen molar-refractivity contribution in [2.75, 3.05) is 7.11 Å². The van der Waals surface area contributed by atoms with Crippen molar-refractivity contribution < 1.29 is 14.3 Å². The highest BCUT2D eigenvalue weighted by Crippen LogP contribution is 2.33. The first-order valence-electron chi connectivity index (χ1n) is 9.50. The minimum atomic E-state index is -0.577. The Morgan fingerprint density at radius 1 is 0.897 bits per heavy atom. The van der Waals surface area contributed by atoms with Gasteiger partial charge in [0.05, 0.1) is 13.0 Å². The molecule has 0 fully saturated rings. The van der Waals surface area contributed by atoms with Crippen LogP contribution in [-0.2, 0) is 0 Å². The number of carbonyl (C=O) groups is 2. The summed E-state index contributed by atoms with van der Waals surface area (Å²) < 4.78 is 5.29. The quantitative estimate of drug-likeness (QED) is 0.434. The number of rotatable bonds is 7. The third-order valence-electron chi connectivity index (χ3n) is 5.16. The molecule has 4 rings (SSSR count). The molecule has 0 bridgehead atoms. The van der Waals surface area contributed by atoms with Gasteiger partial charge in [-0.15, -0.1) is 0 Å². The van der Waals surface area contributed by atoms with Crippen LogP contribution in [0.5, 0.6) is 5.75 Å². The molecule has 1 heterocycles. The molecular weight excluding hydrogens is 362 g/mol. The molecule has 1 atom stereocenters. The average molecular weight is 383 g/mol. The van der Waals surface area contributed by atoms with E-state index in [4.69, 9.17) is 4.74 Å². The minimum absolute atomic E-state index is 0.0530. The van der Waals surface area contributed by atoms with Crippen molar-refractivity contribution in [3.8, 4) is 5.75 Å². The molecule has 0 spiro atoms. The standard InChI is InChI=1S/C25H21NO3/c1-29-19-12-13-20-22(16-26-23(20)14-19)21(25(28)18-10-6-3-7-11-18)15-24(27)17-8-4-2-5-9-17/h2-14,16,21,26H,15H2,1H3/t21-/m0/s1. The molecular formula is C25H21NO3. The van der Waals surface area contributed by atoms with E-state index in [-0.39, 0.29) is 18.0 Å². The van der Waals surface area contributed by atoms with E-state index in [1.54, 1.807) is 31.4 Å². The molecule has 4 nitrogen and oxygen atoms in total. The summed E-state index contributed by atoms with van der Waals surface area (Å²) in [6.45, 7) is 0. The predicted molar refractivity (Wildman–Crippen MR) is 114 cm³/mol. The summed E-state index contributed by atoms with van der Waals surface area (Å²) in [6, 6.07) is 23.9. The molecule has 0 radical (unpaired) electrons. The highest BCUT2D eigenvalue weighted by Gasteiger charge is 2.27. The number of hydrogen-bond acceptors (Lipinski definition) is 3. The van der Waals surface area contributed by atoms with Crippen molar-refractivity contribution in [1.29, 1.82) is 0 Å². The van der Waals surface area contributed by atoms with Gasteiger partial charge in [-0.3, -0.25) is 9.59 Å². The summed E-state index contributed by atoms with van der Waals surface area (Å²) in [4.78, 5) is 29.5. The van der Waals surface area contributed by atoms with Crippen molar-refractivity contribution in [1.82, 2.24) is 4.98 Å². The minimum Gasteiger partial charge on any atom is -0.497 e. The molecule has 0 saturated heterocycles. The zero-order valence-corrected chi connectivity index (χ0v) is 16.1. The lowest BCUT2D eigenvalue weighted by molar-refractivity contribution is 0.0894. The van der Waals surface area contributed by atoms with E-state index >= 15 is 0 Å². The van der Waals surface area contributed by atoms with Gasteiger partial charge in [0, 0.05) is 40.7 Å². The van der Waals surface area contributed by atoms with Crippen molar-refractivity contribution in [2.24, 2.45) is 0 Å². The van der Waals surface area contributed by atoms with Crippen LogP contribution >= 0.6 is 0 Å². The summed E-state index contributed by atoms with van der Waals surface area (Å²) >= 11 is 0. The first-order valence-corrected chi connectivity index (χ1v) is 9.50. The fourth-order valence-corrected chi connectivity index (χ4v) is 3.62. The number of fused-ring (bicyclic) bond motifs is 1. The van der Waals surface area contributed by atoms with Gasteiger partial charge >= 0.3 is 0 Å². The Labute approximate surface area is 169 Å². The van der Waals surface area contributed by atoms with E-state index in [9.17, 15) is 9.59 Å². The number of nitrogens with one attached hydrogen (secondary N) is 1. The molecule has 144 valence electrons. The molecule has 4 heteroatoms. The van der Waals surface area contributed by atoms with Crippen LogP contribution in [0.3, 0.4) is 0 Å². The van der Waals surface area contributed by atoms with E-state index in [0.29, 0.717) is 11.1 Å². The third-order valence-corrected chi connectivity index (χ3v) is 5.16. The van der Waals surface area contributed by atoms with Crippen LogP contribution in [0.4, 0.5) is 0 Å². The Bertz CT molecular complexity index is 1150. The van der Waals surface area contributed by atoms with Crippen molar-refractivity contribution in [3.05, 3.63) is 102 Å². The molecule has 3 aromatic carbocycles. The van der Waals surface area contributed by atoms with Crippen LogP contribution in [0.2, 0.25) is 0 Å². The second-order valence-corrected chi connectivity index (χ2v) is 6.93. The Morgan fingerprint density at radius 3 is 2.21 bits per heavy atom. The fourth-order valence-electron chi connectivity index (χ4n) is 3.62. The smallest absolute Gasteiger partial charge is 0.170 e. The van der Waals surface area contributed by atoms with E-state index in [2.05, 4.69) is 4.98 Å². The molecule has 0 amide bonds. The van der Waals surface area contributed by atoms with Gasteiger partial charge in [-0.1, -0.05) is 60.7 Å². The number of hydrogen-bond donors (Lipinski definition) is 1. The lowest BCUT2D eigenvalue weighted by atomic mass is 9.85. The summed E-state index contributed by atoms with van der Waals surface area (Å²) in [5.41, 5.74) is 2.90. The van der Waals surface area contributed by atoms with E-state index < -0.39 is 5.92 Å². The molecule has 4 aromatic rings. The number of ether oxygens (including phenoxy) is 1. The third kappa shape index (κ3) is 3.83. The number of carbonyl (C=O) groups excluding carboxylic acids is 2. The number of methoxy groups -OCH3 is 1. The summed E-state index contributed by atoms with van der Waals surface area (Å²) in [5, 5.41) is 0.918.